The molecule has 0 spiro atoms. The maximum Gasteiger partial charge on any atom is 0.126 e. The minimum atomic E-state index is -0.460. The van der Waals surface area contributed by atoms with Crippen LogP contribution in [0, 0.1) is 5.82 Å². The van der Waals surface area contributed by atoms with E-state index in [1.165, 1.54) is 12.1 Å². The molecule has 5 heteroatoms. The highest BCUT2D eigenvalue weighted by Gasteiger charge is 2.07. The summed E-state index contributed by atoms with van der Waals surface area (Å²) in [6.07, 6.45) is 3.41. The van der Waals surface area contributed by atoms with Crippen molar-refractivity contribution < 1.29 is 14.2 Å². The first-order chi connectivity index (χ1) is 8.20. The quantitative estimate of drug-likeness (QED) is 0.883. The Hall–Kier alpha value is -1.88. The summed E-state index contributed by atoms with van der Waals surface area (Å²) in [6, 6.07) is 3.92. The number of benzene rings is 1. The van der Waals surface area contributed by atoms with E-state index >= 15 is 0 Å². The van der Waals surface area contributed by atoms with Gasteiger partial charge in [0.05, 0.1) is 19.3 Å². The van der Waals surface area contributed by atoms with E-state index in [1.807, 2.05) is 0 Å². The smallest absolute Gasteiger partial charge is 0.126 e. The number of methoxy groups -OCH3 is 1. The number of halogens is 1. The van der Waals surface area contributed by atoms with Gasteiger partial charge in [-0.3, -0.25) is 4.68 Å². The summed E-state index contributed by atoms with van der Waals surface area (Å²) >= 11 is 0. The molecular weight excluding hydrogens is 223 g/mol. The number of hydrogen-bond acceptors (Lipinski definition) is 3. The largest absolute Gasteiger partial charge is 0.507 e. The SMILES string of the molecule is COCCn1cc(-c2ccc(F)cc2O)cn1. The number of phenolic OH excluding ortho intramolecular Hbond substituents is 1. The molecule has 1 aromatic heterocycles. The van der Waals surface area contributed by atoms with E-state index < -0.39 is 5.82 Å². The predicted octanol–water partition coefficient (Wildman–Crippen LogP) is 2.04. The van der Waals surface area contributed by atoms with Gasteiger partial charge in [-0.1, -0.05) is 0 Å². The van der Waals surface area contributed by atoms with Crippen LogP contribution in [0.4, 0.5) is 4.39 Å². The summed E-state index contributed by atoms with van der Waals surface area (Å²) in [5.74, 6) is -0.547. The topological polar surface area (TPSA) is 47.3 Å². The number of hydrogen-bond donors (Lipinski definition) is 1. The van der Waals surface area contributed by atoms with E-state index in [-0.39, 0.29) is 5.75 Å². The highest BCUT2D eigenvalue weighted by molar-refractivity contribution is 5.68. The molecule has 2 rings (SSSR count). The Morgan fingerprint density at radius 1 is 1.47 bits per heavy atom. The maximum absolute atomic E-state index is 12.8. The van der Waals surface area contributed by atoms with Crippen molar-refractivity contribution >= 4 is 0 Å². The fourth-order valence-corrected chi connectivity index (χ4v) is 1.56. The van der Waals surface area contributed by atoms with Crippen molar-refractivity contribution in [1.82, 2.24) is 9.78 Å². The number of nitrogens with zero attached hydrogens (tertiary/aromatic N) is 2. The lowest BCUT2D eigenvalue weighted by Gasteiger charge is -2.01. The van der Waals surface area contributed by atoms with Crippen LogP contribution < -0.4 is 0 Å². The van der Waals surface area contributed by atoms with Crippen LogP contribution in [0.25, 0.3) is 11.1 Å². The highest BCUT2D eigenvalue weighted by Crippen LogP contribution is 2.28. The lowest BCUT2D eigenvalue weighted by Crippen LogP contribution is -2.03. The van der Waals surface area contributed by atoms with Gasteiger partial charge in [-0.2, -0.15) is 5.10 Å². The Balaban J connectivity index is 2.24. The van der Waals surface area contributed by atoms with Gasteiger partial charge < -0.3 is 9.84 Å². The lowest BCUT2D eigenvalue weighted by molar-refractivity contribution is 0.183. The Morgan fingerprint density at radius 2 is 2.29 bits per heavy atom. The Bertz CT molecular complexity index is 511. The fraction of sp³-hybridized carbons (Fsp3) is 0.250. The first kappa shape index (κ1) is 11.6. The second kappa shape index (κ2) is 4.97. The van der Waals surface area contributed by atoms with Gasteiger partial charge in [-0.05, 0) is 12.1 Å². The second-order valence-electron chi connectivity index (χ2n) is 3.65. The molecule has 0 bridgehead atoms. The first-order valence-electron chi connectivity index (χ1n) is 5.21. The Morgan fingerprint density at radius 3 is 3.00 bits per heavy atom. The molecule has 90 valence electrons. The van der Waals surface area contributed by atoms with Crippen LogP contribution in [0.5, 0.6) is 5.75 Å². The summed E-state index contributed by atoms with van der Waals surface area (Å²) in [4.78, 5) is 0. The molecule has 1 heterocycles. The second-order valence-corrected chi connectivity index (χ2v) is 3.65. The molecule has 17 heavy (non-hydrogen) atoms. The fourth-order valence-electron chi connectivity index (χ4n) is 1.56. The molecule has 1 N–H and O–H groups in total. The van der Waals surface area contributed by atoms with Gasteiger partial charge in [0, 0.05) is 30.5 Å². The summed E-state index contributed by atoms with van der Waals surface area (Å²) in [5, 5.41) is 13.8. The van der Waals surface area contributed by atoms with Crippen molar-refractivity contribution in [2.75, 3.05) is 13.7 Å². The normalized spacial score (nSPS) is 10.7. The van der Waals surface area contributed by atoms with E-state index in [0.29, 0.717) is 18.7 Å². The minimum absolute atomic E-state index is 0.0868. The van der Waals surface area contributed by atoms with Gasteiger partial charge >= 0.3 is 0 Å². The Kier molecular flexibility index (Phi) is 3.39. The van der Waals surface area contributed by atoms with Crippen LogP contribution in [0.2, 0.25) is 0 Å². The van der Waals surface area contributed by atoms with Crippen LogP contribution in [-0.4, -0.2) is 28.6 Å². The van der Waals surface area contributed by atoms with Crippen molar-refractivity contribution in [3.05, 3.63) is 36.4 Å². The molecule has 0 saturated heterocycles. The molecule has 2 aromatic rings. The summed E-state index contributed by atoms with van der Waals surface area (Å²) in [5.41, 5.74) is 1.31. The molecular formula is C12H13FN2O2. The number of aromatic nitrogens is 2. The van der Waals surface area contributed by atoms with E-state index in [1.54, 1.807) is 24.2 Å². The number of aromatic hydroxyl groups is 1. The third-order valence-electron chi connectivity index (χ3n) is 2.43. The summed E-state index contributed by atoms with van der Waals surface area (Å²) in [6.45, 7) is 1.20. The van der Waals surface area contributed by atoms with Crippen molar-refractivity contribution in [1.29, 1.82) is 0 Å². The van der Waals surface area contributed by atoms with Gasteiger partial charge in [0.25, 0.3) is 0 Å². The van der Waals surface area contributed by atoms with Crippen LogP contribution in [-0.2, 0) is 11.3 Å². The van der Waals surface area contributed by atoms with Crippen molar-refractivity contribution in [3.63, 3.8) is 0 Å². The Labute approximate surface area is 98.3 Å². The molecule has 1 aromatic carbocycles. The molecule has 0 aliphatic heterocycles. The number of rotatable bonds is 4. The average molecular weight is 236 g/mol. The van der Waals surface area contributed by atoms with Gasteiger partial charge in [-0.15, -0.1) is 0 Å². The molecule has 0 amide bonds. The van der Waals surface area contributed by atoms with Crippen molar-refractivity contribution in [2.45, 2.75) is 6.54 Å². The standard InChI is InChI=1S/C12H13FN2O2/c1-17-5-4-15-8-9(7-14-15)11-3-2-10(13)6-12(11)16/h2-3,6-8,16H,4-5H2,1H3. The average Bonchev–Trinajstić information content (AvgIpc) is 2.75. The van der Waals surface area contributed by atoms with E-state index in [2.05, 4.69) is 5.10 Å². The van der Waals surface area contributed by atoms with E-state index in [9.17, 15) is 9.50 Å². The zero-order valence-corrected chi connectivity index (χ0v) is 9.43. The molecule has 0 atom stereocenters. The third kappa shape index (κ3) is 2.62. The van der Waals surface area contributed by atoms with Crippen LogP contribution >= 0.6 is 0 Å². The minimum Gasteiger partial charge on any atom is -0.507 e. The lowest BCUT2D eigenvalue weighted by atomic mass is 10.1. The van der Waals surface area contributed by atoms with E-state index in [4.69, 9.17) is 4.74 Å². The van der Waals surface area contributed by atoms with Gasteiger partial charge in [0.1, 0.15) is 11.6 Å². The van der Waals surface area contributed by atoms with Crippen LogP contribution in [0.15, 0.2) is 30.6 Å². The van der Waals surface area contributed by atoms with Crippen molar-refractivity contribution in [3.8, 4) is 16.9 Å². The van der Waals surface area contributed by atoms with Gasteiger partial charge in [0.2, 0.25) is 0 Å². The zero-order chi connectivity index (χ0) is 12.3. The zero-order valence-electron chi connectivity index (χ0n) is 9.43. The first-order valence-corrected chi connectivity index (χ1v) is 5.21. The monoisotopic (exact) mass is 236 g/mol. The number of ether oxygens (including phenoxy) is 1. The molecule has 0 radical (unpaired) electrons. The van der Waals surface area contributed by atoms with Gasteiger partial charge in [-0.25, -0.2) is 4.39 Å². The molecule has 0 aliphatic carbocycles. The molecule has 0 aliphatic rings. The third-order valence-corrected chi connectivity index (χ3v) is 2.43. The van der Waals surface area contributed by atoms with E-state index in [0.717, 1.165) is 11.6 Å². The number of phenols is 1. The molecule has 0 unspecified atom stereocenters. The van der Waals surface area contributed by atoms with Crippen molar-refractivity contribution in [2.24, 2.45) is 0 Å². The molecule has 4 nitrogen and oxygen atoms in total. The van der Waals surface area contributed by atoms with Crippen LogP contribution in [0.3, 0.4) is 0 Å². The summed E-state index contributed by atoms with van der Waals surface area (Å²) < 4.78 is 19.5. The highest BCUT2D eigenvalue weighted by atomic mass is 19.1. The van der Waals surface area contributed by atoms with Gasteiger partial charge in [0.15, 0.2) is 0 Å². The summed E-state index contributed by atoms with van der Waals surface area (Å²) in [7, 11) is 1.62. The molecule has 0 saturated carbocycles. The molecule has 0 fully saturated rings. The predicted molar refractivity (Wildman–Crippen MR) is 61.2 cm³/mol. The maximum atomic E-state index is 12.8. The van der Waals surface area contributed by atoms with Crippen LogP contribution in [0.1, 0.15) is 0 Å².